The zero-order valence-electron chi connectivity index (χ0n) is 16.0. The van der Waals surface area contributed by atoms with Gasteiger partial charge in [-0.25, -0.2) is 0 Å². The first-order chi connectivity index (χ1) is 12.3. The summed E-state index contributed by atoms with van der Waals surface area (Å²) in [5, 5.41) is 3.18. The molecular weight excluding hydrogens is 314 g/mol. The minimum Gasteiger partial charge on any atom is -0.381 e. The number of likely N-dealkylation sites (N-methyl/N-ethyl adjacent to an activating group) is 1. The molecule has 3 aliphatic rings. The number of hydrogen-bond donors (Lipinski definition) is 1. The number of ether oxygens (including phenoxy) is 1. The quantitative estimate of drug-likeness (QED) is 0.764. The van der Waals surface area contributed by atoms with Gasteiger partial charge in [-0.15, -0.1) is 0 Å². The number of amides is 1. The molecule has 0 aromatic rings. The lowest BCUT2D eigenvalue weighted by Gasteiger charge is -2.39. The Morgan fingerprint density at radius 3 is 2.56 bits per heavy atom. The first-order valence-corrected chi connectivity index (χ1v) is 10.6. The lowest BCUT2D eigenvalue weighted by Crippen LogP contribution is -2.44. The standard InChI is InChI=1S/C20H37N3O2/c1-2-22-11-3-4-19(22)16-21-20(24)6-5-17-7-12-23(13-8-17)18-9-14-25-15-10-18/h17-19H,2-16H2,1H3,(H,21,24)/t19-/m1/s1. The van der Waals surface area contributed by atoms with Gasteiger partial charge in [0.1, 0.15) is 0 Å². The summed E-state index contributed by atoms with van der Waals surface area (Å²) in [5.74, 6) is 0.996. The van der Waals surface area contributed by atoms with Gasteiger partial charge < -0.3 is 15.0 Å². The Bertz CT molecular complexity index is 404. The molecule has 3 rings (SSSR count). The van der Waals surface area contributed by atoms with E-state index < -0.39 is 0 Å². The normalized spacial score (nSPS) is 27.6. The monoisotopic (exact) mass is 351 g/mol. The van der Waals surface area contributed by atoms with Crippen LogP contribution in [-0.2, 0) is 9.53 Å². The molecule has 3 aliphatic heterocycles. The summed E-state index contributed by atoms with van der Waals surface area (Å²) >= 11 is 0. The van der Waals surface area contributed by atoms with E-state index >= 15 is 0 Å². The van der Waals surface area contributed by atoms with Crippen LogP contribution in [0.3, 0.4) is 0 Å². The van der Waals surface area contributed by atoms with Crippen LogP contribution in [0.1, 0.15) is 58.3 Å². The maximum absolute atomic E-state index is 12.2. The Morgan fingerprint density at radius 1 is 1.08 bits per heavy atom. The van der Waals surface area contributed by atoms with E-state index in [1.165, 1.54) is 58.2 Å². The molecule has 5 heteroatoms. The molecule has 3 heterocycles. The van der Waals surface area contributed by atoms with E-state index in [0.717, 1.165) is 44.7 Å². The molecule has 0 aromatic heterocycles. The van der Waals surface area contributed by atoms with Gasteiger partial charge in [-0.3, -0.25) is 9.69 Å². The van der Waals surface area contributed by atoms with Gasteiger partial charge in [-0.05, 0) is 77.0 Å². The Kier molecular flexibility index (Phi) is 7.56. The first kappa shape index (κ1) is 19.1. The maximum atomic E-state index is 12.2. The summed E-state index contributed by atoms with van der Waals surface area (Å²) in [6, 6.07) is 1.31. The van der Waals surface area contributed by atoms with Gasteiger partial charge in [0, 0.05) is 38.3 Å². The summed E-state index contributed by atoms with van der Waals surface area (Å²) < 4.78 is 5.48. The van der Waals surface area contributed by atoms with Crippen molar-refractivity contribution >= 4 is 5.91 Å². The van der Waals surface area contributed by atoms with Crippen LogP contribution in [0.4, 0.5) is 0 Å². The number of rotatable bonds is 7. The van der Waals surface area contributed by atoms with Crippen LogP contribution in [0.5, 0.6) is 0 Å². The third kappa shape index (κ3) is 5.66. The fourth-order valence-corrected chi connectivity index (χ4v) is 4.85. The summed E-state index contributed by atoms with van der Waals surface area (Å²) in [4.78, 5) is 17.4. The van der Waals surface area contributed by atoms with Crippen molar-refractivity contribution in [3.8, 4) is 0 Å². The second-order valence-electron chi connectivity index (χ2n) is 8.09. The van der Waals surface area contributed by atoms with Crippen LogP contribution < -0.4 is 5.32 Å². The van der Waals surface area contributed by atoms with Crippen molar-refractivity contribution < 1.29 is 9.53 Å². The highest BCUT2D eigenvalue weighted by molar-refractivity contribution is 5.75. The van der Waals surface area contributed by atoms with Gasteiger partial charge in [0.2, 0.25) is 5.91 Å². The third-order valence-corrected chi connectivity index (χ3v) is 6.58. The fraction of sp³-hybridized carbons (Fsp3) is 0.950. The molecule has 0 radical (unpaired) electrons. The molecule has 5 nitrogen and oxygen atoms in total. The van der Waals surface area contributed by atoms with Crippen LogP contribution in [0.15, 0.2) is 0 Å². The summed E-state index contributed by atoms with van der Waals surface area (Å²) in [6.45, 7) is 9.65. The van der Waals surface area contributed by atoms with Crippen molar-refractivity contribution in [2.45, 2.75) is 70.4 Å². The van der Waals surface area contributed by atoms with Gasteiger partial charge in [-0.1, -0.05) is 6.92 Å². The minimum absolute atomic E-state index is 0.259. The van der Waals surface area contributed by atoms with E-state index in [9.17, 15) is 4.79 Å². The highest BCUT2D eigenvalue weighted by Crippen LogP contribution is 2.26. The topological polar surface area (TPSA) is 44.8 Å². The van der Waals surface area contributed by atoms with Gasteiger partial charge in [-0.2, -0.15) is 0 Å². The average molecular weight is 352 g/mol. The second kappa shape index (κ2) is 9.89. The highest BCUT2D eigenvalue weighted by Gasteiger charge is 2.27. The Labute approximate surface area is 153 Å². The molecule has 3 fully saturated rings. The molecule has 0 aromatic carbocycles. The summed E-state index contributed by atoms with van der Waals surface area (Å²) in [7, 11) is 0. The molecule has 0 bridgehead atoms. The number of nitrogens with zero attached hydrogens (tertiary/aromatic N) is 2. The molecule has 25 heavy (non-hydrogen) atoms. The van der Waals surface area contributed by atoms with Crippen molar-refractivity contribution in [1.29, 1.82) is 0 Å². The van der Waals surface area contributed by atoms with E-state index in [2.05, 4.69) is 22.0 Å². The van der Waals surface area contributed by atoms with Crippen LogP contribution in [0.25, 0.3) is 0 Å². The van der Waals surface area contributed by atoms with Crippen LogP contribution in [0, 0.1) is 5.92 Å². The molecule has 1 atom stereocenters. The number of hydrogen-bond acceptors (Lipinski definition) is 4. The Hall–Kier alpha value is -0.650. The Morgan fingerprint density at radius 2 is 1.84 bits per heavy atom. The van der Waals surface area contributed by atoms with Gasteiger partial charge in [0.15, 0.2) is 0 Å². The molecule has 0 aliphatic carbocycles. The van der Waals surface area contributed by atoms with E-state index in [1.54, 1.807) is 0 Å². The van der Waals surface area contributed by atoms with E-state index in [-0.39, 0.29) is 5.91 Å². The minimum atomic E-state index is 0.259. The molecule has 1 amide bonds. The SMILES string of the molecule is CCN1CCC[C@@H]1CNC(=O)CCC1CCN(C2CCOCC2)CC1. The first-order valence-electron chi connectivity index (χ1n) is 10.6. The number of carbonyl (C=O) groups is 1. The number of nitrogens with one attached hydrogen (secondary N) is 1. The zero-order chi connectivity index (χ0) is 17.5. The Balaban J connectivity index is 1.28. The molecule has 0 unspecified atom stereocenters. The fourth-order valence-electron chi connectivity index (χ4n) is 4.85. The van der Waals surface area contributed by atoms with Crippen LogP contribution >= 0.6 is 0 Å². The largest absolute Gasteiger partial charge is 0.381 e. The summed E-state index contributed by atoms with van der Waals surface area (Å²) in [6.07, 6.45) is 9.20. The predicted octanol–water partition coefficient (Wildman–Crippen LogP) is 2.26. The van der Waals surface area contributed by atoms with Crippen molar-refractivity contribution in [1.82, 2.24) is 15.1 Å². The lowest BCUT2D eigenvalue weighted by atomic mass is 9.90. The van der Waals surface area contributed by atoms with Crippen LogP contribution in [0.2, 0.25) is 0 Å². The molecule has 3 saturated heterocycles. The van der Waals surface area contributed by atoms with E-state index in [1.807, 2.05) is 0 Å². The number of piperidine rings is 1. The lowest BCUT2D eigenvalue weighted by molar-refractivity contribution is -0.121. The molecule has 144 valence electrons. The number of likely N-dealkylation sites (tertiary alicyclic amines) is 2. The average Bonchev–Trinajstić information content (AvgIpc) is 3.13. The van der Waals surface area contributed by atoms with Crippen LogP contribution in [-0.4, -0.2) is 73.7 Å². The van der Waals surface area contributed by atoms with Gasteiger partial charge in [0.25, 0.3) is 0 Å². The zero-order valence-corrected chi connectivity index (χ0v) is 16.0. The predicted molar refractivity (Wildman–Crippen MR) is 101 cm³/mol. The van der Waals surface area contributed by atoms with Crippen molar-refractivity contribution in [2.75, 3.05) is 45.9 Å². The van der Waals surface area contributed by atoms with Crippen molar-refractivity contribution in [3.05, 3.63) is 0 Å². The molecule has 1 N–H and O–H groups in total. The van der Waals surface area contributed by atoms with E-state index in [4.69, 9.17) is 4.74 Å². The third-order valence-electron chi connectivity index (χ3n) is 6.58. The maximum Gasteiger partial charge on any atom is 0.220 e. The van der Waals surface area contributed by atoms with E-state index in [0.29, 0.717) is 12.5 Å². The molecule has 0 spiro atoms. The second-order valence-corrected chi connectivity index (χ2v) is 8.09. The smallest absolute Gasteiger partial charge is 0.220 e. The molecule has 0 saturated carbocycles. The molecular formula is C20H37N3O2. The van der Waals surface area contributed by atoms with Crippen molar-refractivity contribution in [3.63, 3.8) is 0 Å². The van der Waals surface area contributed by atoms with Gasteiger partial charge >= 0.3 is 0 Å². The number of carbonyl (C=O) groups excluding carboxylic acids is 1. The summed E-state index contributed by atoms with van der Waals surface area (Å²) in [5.41, 5.74) is 0. The highest BCUT2D eigenvalue weighted by atomic mass is 16.5. The van der Waals surface area contributed by atoms with Crippen molar-refractivity contribution in [2.24, 2.45) is 5.92 Å². The van der Waals surface area contributed by atoms with Gasteiger partial charge in [0.05, 0.1) is 0 Å².